The van der Waals surface area contributed by atoms with Crippen molar-refractivity contribution in [1.82, 2.24) is 4.90 Å². The quantitative estimate of drug-likeness (QED) is 0.665. The highest BCUT2D eigenvalue weighted by Crippen LogP contribution is 2.31. The number of hydrogen-bond donors (Lipinski definition) is 1. The Morgan fingerprint density at radius 1 is 1.40 bits per heavy atom. The topological polar surface area (TPSA) is 83.7 Å². The molecule has 0 radical (unpaired) electrons. The lowest BCUT2D eigenvalue weighted by atomic mass is 9.88. The summed E-state index contributed by atoms with van der Waals surface area (Å²) in [7, 11) is 0. The zero-order valence-electron chi connectivity index (χ0n) is 11.6. The van der Waals surface area contributed by atoms with Crippen molar-refractivity contribution in [2.45, 2.75) is 20.3 Å². The molecule has 6 heteroatoms. The van der Waals surface area contributed by atoms with E-state index in [4.69, 9.17) is 0 Å². The van der Waals surface area contributed by atoms with E-state index in [1.165, 1.54) is 18.2 Å². The molecule has 2 unspecified atom stereocenters. The van der Waals surface area contributed by atoms with Crippen LogP contribution in [0.5, 0.6) is 5.75 Å². The second kappa shape index (κ2) is 5.48. The van der Waals surface area contributed by atoms with Crippen LogP contribution < -0.4 is 0 Å². The van der Waals surface area contributed by atoms with Gasteiger partial charge in [0.15, 0.2) is 0 Å². The number of nitrogens with zero attached hydrogens (tertiary/aromatic N) is 2. The number of aromatic hydroxyl groups is 1. The van der Waals surface area contributed by atoms with E-state index in [9.17, 15) is 20.0 Å². The number of likely N-dealkylation sites (tertiary alicyclic amines) is 1. The van der Waals surface area contributed by atoms with Crippen LogP contribution >= 0.6 is 0 Å². The van der Waals surface area contributed by atoms with Crippen molar-refractivity contribution < 1.29 is 14.8 Å². The van der Waals surface area contributed by atoms with E-state index in [0.717, 1.165) is 6.42 Å². The summed E-state index contributed by atoms with van der Waals surface area (Å²) in [6, 6.07) is 4.03. The van der Waals surface area contributed by atoms with Gasteiger partial charge in [0.1, 0.15) is 0 Å². The number of hydrogen-bond acceptors (Lipinski definition) is 4. The largest absolute Gasteiger partial charge is 0.502 e. The number of phenols is 1. The van der Waals surface area contributed by atoms with Gasteiger partial charge in [0.25, 0.3) is 5.91 Å². The normalized spacial score (nSPS) is 22.6. The summed E-state index contributed by atoms with van der Waals surface area (Å²) in [5.74, 6) is 0.0463. The molecule has 108 valence electrons. The highest BCUT2D eigenvalue weighted by molar-refractivity contribution is 5.98. The van der Waals surface area contributed by atoms with Gasteiger partial charge >= 0.3 is 5.69 Å². The van der Waals surface area contributed by atoms with Gasteiger partial charge in [-0.3, -0.25) is 14.9 Å². The average Bonchev–Trinajstić information content (AvgIpc) is 2.41. The standard InChI is InChI=1S/C14H18N2O4/c1-9-6-7-15(8-10(9)2)14(18)11-4-3-5-12(13(11)17)16(19)20/h3-5,9-10,17H,6-8H2,1-2H3. The van der Waals surface area contributed by atoms with Crippen molar-refractivity contribution >= 4 is 11.6 Å². The SMILES string of the molecule is CC1CCN(C(=O)c2cccc([N+](=O)[O-])c2O)CC1C. The van der Waals surface area contributed by atoms with Gasteiger partial charge in [-0.15, -0.1) is 0 Å². The molecule has 1 saturated heterocycles. The average molecular weight is 278 g/mol. The molecule has 2 rings (SSSR count). The van der Waals surface area contributed by atoms with Gasteiger partial charge in [-0.05, 0) is 24.3 Å². The van der Waals surface area contributed by atoms with Gasteiger partial charge in [0.05, 0.1) is 10.5 Å². The molecule has 20 heavy (non-hydrogen) atoms. The van der Waals surface area contributed by atoms with Crippen LogP contribution in [0.3, 0.4) is 0 Å². The van der Waals surface area contributed by atoms with Crippen LogP contribution in [-0.4, -0.2) is 33.9 Å². The molecule has 1 aromatic carbocycles. The van der Waals surface area contributed by atoms with E-state index >= 15 is 0 Å². The van der Waals surface area contributed by atoms with E-state index < -0.39 is 16.4 Å². The number of amides is 1. The fraction of sp³-hybridized carbons (Fsp3) is 0.500. The summed E-state index contributed by atoms with van der Waals surface area (Å²) >= 11 is 0. The minimum atomic E-state index is -0.687. The first-order valence-corrected chi connectivity index (χ1v) is 6.67. The van der Waals surface area contributed by atoms with E-state index in [2.05, 4.69) is 13.8 Å². The van der Waals surface area contributed by atoms with Crippen molar-refractivity contribution in [3.8, 4) is 5.75 Å². The number of benzene rings is 1. The molecule has 1 fully saturated rings. The van der Waals surface area contributed by atoms with E-state index in [0.29, 0.717) is 24.9 Å². The highest BCUT2D eigenvalue weighted by atomic mass is 16.6. The molecule has 0 spiro atoms. The predicted octanol–water partition coefficient (Wildman–Crippen LogP) is 2.42. The third kappa shape index (κ3) is 2.59. The third-order valence-corrected chi connectivity index (χ3v) is 4.06. The Hall–Kier alpha value is -2.11. The van der Waals surface area contributed by atoms with Crippen molar-refractivity contribution in [2.24, 2.45) is 11.8 Å². The van der Waals surface area contributed by atoms with Crippen LogP contribution in [0.2, 0.25) is 0 Å². The molecule has 0 bridgehead atoms. The van der Waals surface area contributed by atoms with E-state index in [1.807, 2.05) is 0 Å². The summed E-state index contributed by atoms with van der Waals surface area (Å²) in [4.78, 5) is 24.1. The molecular weight excluding hydrogens is 260 g/mol. The monoisotopic (exact) mass is 278 g/mol. The maximum absolute atomic E-state index is 12.4. The Morgan fingerprint density at radius 2 is 2.10 bits per heavy atom. The van der Waals surface area contributed by atoms with Crippen molar-refractivity contribution in [3.05, 3.63) is 33.9 Å². The zero-order chi connectivity index (χ0) is 14.9. The van der Waals surface area contributed by atoms with Crippen molar-refractivity contribution in [3.63, 3.8) is 0 Å². The highest BCUT2D eigenvalue weighted by Gasteiger charge is 2.29. The Kier molecular flexibility index (Phi) is 3.92. The first-order valence-electron chi connectivity index (χ1n) is 6.67. The van der Waals surface area contributed by atoms with Crippen LogP contribution in [0.1, 0.15) is 30.6 Å². The molecule has 1 aromatic rings. The van der Waals surface area contributed by atoms with E-state index in [-0.39, 0.29) is 11.5 Å². The smallest absolute Gasteiger partial charge is 0.311 e. The fourth-order valence-corrected chi connectivity index (χ4v) is 2.47. The summed E-state index contributed by atoms with van der Waals surface area (Å²) in [5.41, 5.74) is -0.435. The van der Waals surface area contributed by atoms with Gasteiger partial charge < -0.3 is 10.0 Å². The van der Waals surface area contributed by atoms with Crippen LogP contribution in [0.4, 0.5) is 5.69 Å². The summed E-state index contributed by atoms with van der Waals surface area (Å²) in [5, 5.41) is 20.7. The van der Waals surface area contributed by atoms with Crippen LogP contribution in [0.25, 0.3) is 0 Å². The van der Waals surface area contributed by atoms with Gasteiger partial charge in [-0.2, -0.15) is 0 Å². The molecule has 1 heterocycles. The lowest BCUT2D eigenvalue weighted by Crippen LogP contribution is -2.42. The van der Waals surface area contributed by atoms with Crippen LogP contribution in [-0.2, 0) is 0 Å². The molecule has 6 nitrogen and oxygen atoms in total. The van der Waals surface area contributed by atoms with Crippen LogP contribution in [0.15, 0.2) is 18.2 Å². The van der Waals surface area contributed by atoms with Crippen LogP contribution in [0, 0.1) is 22.0 Å². The van der Waals surface area contributed by atoms with Gasteiger partial charge in [-0.1, -0.05) is 19.9 Å². The lowest BCUT2D eigenvalue weighted by molar-refractivity contribution is -0.385. The minimum absolute atomic E-state index is 0.000882. The Balaban J connectivity index is 2.26. The molecule has 1 aliphatic rings. The lowest BCUT2D eigenvalue weighted by Gasteiger charge is -2.35. The predicted molar refractivity (Wildman–Crippen MR) is 73.6 cm³/mol. The number of nitro groups is 1. The van der Waals surface area contributed by atoms with Gasteiger partial charge in [-0.25, -0.2) is 0 Å². The zero-order valence-corrected chi connectivity index (χ0v) is 11.6. The number of piperidine rings is 1. The molecule has 0 aromatic heterocycles. The number of nitro benzene ring substituents is 1. The Morgan fingerprint density at radius 3 is 2.70 bits per heavy atom. The summed E-state index contributed by atoms with van der Waals surface area (Å²) in [6.07, 6.45) is 0.905. The maximum Gasteiger partial charge on any atom is 0.311 e. The number of carbonyl (C=O) groups excluding carboxylic acids is 1. The second-order valence-electron chi connectivity index (χ2n) is 5.42. The molecule has 1 aliphatic heterocycles. The molecule has 2 atom stereocenters. The van der Waals surface area contributed by atoms with Crippen molar-refractivity contribution in [2.75, 3.05) is 13.1 Å². The van der Waals surface area contributed by atoms with Gasteiger partial charge in [0, 0.05) is 19.2 Å². The molecule has 0 aliphatic carbocycles. The number of rotatable bonds is 2. The molecule has 1 amide bonds. The second-order valence-corrected chi connectivity index (χ2v) is 5.42. The van der Waals surface area contributed by atoms with E-state index in [1.54, 1.807) is 4.90 Å². The first kappa shape index (κ1) is 14.3. The molecule has 0 saturated carbocycles. The first-order chi connectivity index (χ1) is 9.41. The van der Waals surface area contributed by atoms with Crippen molar-refractivity contribution in [1.29, 1.82) is 0 Å². The molecule has 1 N–H and O–H groups in total. The van der Waals surface area contributed by atoms with Gasteiger partial charge in [0.2, 0.25) is 5.75 Å². The molecular formula is C14H18N2O4. The summed E-state index contributed by atoms with van der Waals surface area (Å²) < 4.78 is 0. The number of phenolic OH excluding ortho intramolecular Hbond substituents is 1. The number of carbonyl (C=O) groups is 1. The Labute approximate surface area is 117 Å². The fourth-order valence-electron chi connectivity index (χ4n) is 2.47. The third-order valence-electron chi connectivity index (χ3n) is 4.06. The maximum atomic E-state index is 12.4. The number of para-hydroxylation sites is 1. The Bertz CT molecular complexity index is 544. The minimum Gasteiger partial charge on any atom is -0.502 e. The summed E-state index contributed by atoms with van der Waals surface area (Å²) in [6.45, 7) is 5.46.